The zero-order valence-electron chi connectivity index (χ0n) is 9.96. The van der Waals surface area contributed by atoms with Crippen molar-refractivity contribution in [2.24, 2.45) is 5.73 Å². The van der Waals surface area contributed by atoms with Crippen LogP contribution in [0.15, 0.2) is 24.3 Å². The van der Waals surface area contributed by atoms with Crippen LogP contribution in [-0.2, 0) is 11.3 Å². The zero-order valence-corrected chi connectivity index (χ0v) is 9.96. The Labute approximate surface area is 104 Å². The standard InChI is InChI=1S/C12H16N2O4/c1-7(15)10(11(13)16)14-6-8-4-2-3-5-9(8)12(17)18/h2-5,7,10,14-15H,6H2,1H3,(H2,13,16)(H,17,18)/t7?,10-/m0/s1. The molecule has 0 aliphatic heterocycles. The van der Waals surface area contributed by atoms with Gasteiger partial charge in [0.1, 0.15) is 6.04 Å². The normalized spacial score (nSPS) is 13.9. The van der Waals surface area contributed by atoms with Crippen molar-refractivity contribution in [3.63, 3.8) is 0 Å². The number of nitrogens with one attached hydrogen (secondary N) is 1. The summed E-state index contributed by atoms with van der Waals surface area (Å²) in [6, 6.07) is 5.52. The fourth-order valence-electron chi connectivity index (χ4n) is 1.61. The van der Waals surface area contributed by atoms with Gasteiger partial charge in [-0.05, 0) is 18.6 Å². The molecule has 1 unspecified atom stereocenters. The summed E-state index contributed by atoms with van der Waals surface area (Å²) in [7, 11) is 0. The van der Waals surface area contributed by atoms with Crippen LogP contribution in [0.1, 0.15) is 22.8 Å². The lowest BCUT2D eigenvalue weighted by Gasteiger charge is -2.18. The number of nitrogens with two attached hydrogens (primary N) is 1. The molecular weight excluding hydrogens is 236 g/mol. The number of primary amides is 1. The van der Waals surface area contributed by atoms with Crippen molar-refractivity contribution in [3.8, 4) is 0 Å². The molecule has 0 radical (unpaired) electrons. The minimum Gasteiger partial charge on any atom is -0.478 e. The average molecular weight is 252 g/mol. The van der Waals surface area contributed by atoms with Gasteiger partial charge in [0.25, 0.3) is 0 Å². The van der Waals surface area contributed by atoms with E-state index in [1.54, 1.807) is 18.2 Å². The molecule has 1 amide bonds. The summed E-state index contributed by atoms with van der Waals surface area (Å²) in [5.74, 6) is -1.72. The van der Waals surface area contributed by atoms with E-state index in [4.69, 9.17) is 10.8 Å². The lowest BCUT2D eigenvalue weighted by atomic mass is 10.1. The molecule has 0 aliphatic carbocycles. The summed E-state index contributed by atoms with van der Waals surface area (Å²) in [4.78, 5) is 22.0. The van der Waals surface area contributed by atoms with E-state index in [9.17, 15) is 14.7 Å². The Morgan fingerprint density at radius 1 is 1.39 bits per heavy atom. The van der Waals surface area contributed by atoms with Gasteiger partial charge >= 0.3 is 5.97 Å². The van der Waals surface area contributed by atoms with Crippen LogP contribution < -0.4 is 11.1 Å². The zero-order chi connectivity index (χ0) is 13.7. The van der Waals surface area contributed by atoms with Crippen molar-refractivity contribution in [1.82, 2.24) is 5.32 Å². The van der Waals surface area contributed by atoms with Crippen LogP contribution in [0.3, 0.4) is 0 Å². The van der Waals surface area contributed by atoms with Gasteiger partial charge in [0.15, 0.2) is 0 Å². The van der Waals surface area contributed by atoms with Crippen molar-refractivity contribution < 1.29 is 19.8 Å². The first-order valence-corrected chi connectivity index (χ1v) is 5.45. The minimum atomic E-state index is -1.04. The lowest BCUT2D eigenvalue weighted by molar-refractivity contribution is -0.122. The largest absolute Gasteiger partial charge is 0.478 e. The highest BCUT2D eigenvalue weighted by molar-refractivity contribution is 5.89. The number of carboxylic acid groups (broad SMARTS) is 1. The van der Waals surface area contributed by atoms with Crippen molar-refractivity contribution in [3.05, 3.63) is 35.4 Å². The molecule has 6 nitrogen and oxygen atoms in total. The fourth-order valence-corrected chi connectivity index (χ4v) is 1.61. The van der Waals surface area contributed by atoms with Crippen molar-refractivity contribution >= 4 is 11.9 Å². The average Bonchev–Trinajstić information content (AvgIpc) is 2.28. The molecule has 98 valence electrons. The monoisotopic (exact) mass is 252 g/mol. The number of rotatable bonds is 6. The fraction of sp³-hybridized carbons (Fsp3) is 0.333. The summed E-state index contributed by atoms with van der Waals surface area (Å²) >= 11 is 0. The van der Waals surface area contributed by atoms with E-state index in [-0.39, 0.29) is 12.1 Å². The van der Waals surface area contributed by atoms with Crippen LogP contribution in [-0.4, -0.2) is 34.2 Å². The van der Waals surface area contributed by atoms with Gasteiger partial charge in [-0.25, -0.2) is 4.79 Å². The first-order chi connectivity index (χ1) is 8.43. The van der Waals surface area contributed by atoms with Gasteiger partial charge in [-0.1, -0.05) is 18.2 Å². The molecular formula is C12H16N2O4. The maximum absolute atomic E-state index is 11.1. The molecule has 0 saturated carbocycles. The van der Waals surface area contributed by atoms with Crippen LogP contribution >= 0.6 is 0 Å². The van der Waals surface area contributed by atoms with E-state index in [2.05, 4.69) is 5.32 Å². The lowest BCUT2D eigenvalue weighted by Crippen LogP contribution is -2.48. The maximum atomic E-state index is 11.1. The number of amides is 1. The van der Waals surface area contributed by atoms with E-state index in [1.807, 2.05) is 0 Å². The molecule has 1 aromatic carbocycles. The molecule has 0 fully saturated rings. The van der Waals surface area contributed by atoms with Crippen LogP contribution in [0.2, 0.25) is 0 Å². The van der Waals surface area contributed by atoms with Crippen LogP contribution in [0.5, 0.6) is 0 Å². The molecule has 0 aromatic heterocycles. The Bertz CT molecular complexity index is 445. The summed E-state index contributed by atoms with van der Waals surface area (Å²) in [5.41, 5.74) is 5.80. The first-order valence-electron chi connectivity index (χ1n) is 5.45. The van der Waals surface area contributed by atoms with Crippen molar-refractivity contribution in [2.45, 2.75) is 25.6 Å². The highest BCUT2D eigenvalue weighted by Crippen LogP contribution is 2.09. The molecule has 5 N–H and O–H groups in total. The second-order valence-electron chi connectivity index (χ2n) is 3.96. The maximum Gasteiger partial charge on any atom is 0.336 e. The molecule has 18 heavy (non-hydrogen) atoms. The molecule has 0 aliphatic rings. The molecule has 0 bridgehead atoms. The summed E-state index contributed by atoms with van der Waals surface area (Å²) in [6.45, 7) is 1.58. The molecule has 0 saturated heterocycles. The van der Waals surface area contributed by atoms with E-state index in [1.165, 1.54) is 13.0 Å². The second kappa shape index (κ2) is 6.13. The smallest absolute Gasteiger partial charge is 0.336 e. The quantitative estimate of drug-likeness (QED) is 0.555. The second-order valence-corrected chi connectivity index (χ2v) is 3.96. The van der Waals surface area contributed by atoms with Gasteiger partial charge < -0.3 is 15.9 Å². The van der Waals surface area contributed by atoms with Gasteiger partial charge in [0, 0.05) is 6.54 Å². The Morgan fingerprint density at radius 2 is 2.00 bits per heavy atom. The highest BCUT2D eigenvalue weighted by Gasteiger charge is 2.21. The van der Waals surface area contributed by atoms with Gasteiger partial charge in [0.2, 0.25) is 5.91 Å². The molecule has 6 heteroatoms. The Kier molecular flexibility index (Phi) is 4.82. The third kappa shape index (κ3) is 3.54. The van der Waals surface area contributed by atoms with E-state index >= 15 is 0 Å². The Balaban J connectivity index is 2.79. The number of carbonyl (C=O) groups excluding carboxylic acids is 1. The topological polar surface area (TPSA) is 113 Å². The molecule has 1 aromatic rings. The number of benzene rings is 1. The number of aliphatic hydroxyl groups is 1. The van der Waals surface area contributed by atoms with E-state index in [0.29, 0.717) is 5.56 Å². The van der Waals surface area contributed by atoms with E-state index in [0.717, 1.165) is 0 Å². The Hall–Kier alpha value is -1.92. The Morgan fingerprint density at radius 3 is 2.50 bits per heavy atom. The highest BCUT2D eigenvalue weighted by atomic mass is 16.4. The third-order valence-electron chi connectivity index (χ3n) is 2.55. The van der Waals surface area contributed by atoms with Crippen molar-refractivity contribution in [1.29, 1.82) is 0 Å². The summed E-state index contributed by atoms with van der Waals surface area (Å²) < 4.78 is 0. The molecule has 2 atom stereocenters. The number of hydrogen-bond donors (Lipinski definition) is 4. The van der Waals surface area contributed by atoms with Crippen LogP contribution in [0.4, 0.5) is 0 Å². The van der Waals surface area contributed by atoms with Crippen LogP contribution in [0, 0.1) is 0 Å². The number of hydrogen-bond acceptors (Lipinski definition) is 4. The predicted octanol–water partition coefficient (Wildman–Crippen LogP) is -0.291. The van der Waals surface area contributed by atoms with Gasteiger partial charge in [-0.2, -0.15) is 0 Å². The number of carboxylic acids is 1. The predicted molar refractivity (Wildman–Crippen MR) is 64.9 cm³/mol. The van der Waals surface area contributed by atoms with Gasteiger partial charge in [-0.3, -0.25) is 10.1 Å². The van der Waals surface area contributed by atoms with Crippen LogP contribution in [0.25, 0.3) is 0 Å². The SMILES string of the molecule is CC(O)[C@H](NCc1ccccc1C(=O)O)C(N)=O. The van der Waals surface area contributed by atoms with Gasteiger partial charge in [0.05, 0.1) is 11.7 Å². The van der Waals surface area contributed by atoms with Crippen molar-refractivity contribution in [2.75, 3.05) is 0 Å². The summed E-state index contributed by atoms with van der Waals surface area (Å²) in [5, 5.41) is 21.1. The minimum absolute atomic E-state index is 0.140. The molecule has 0 spiro atoms. The summed E-state index contributed by atoms with van der Waals surface area (Å²) in [6.07, 6.45) is -0.945. The number of carbonyl (C=O) groups is 2. The number of aliphatic hydroxyl groups excluding tert-OH is 1. The first kappa shape index (κ1) is 14.1. The number of aromatic carboxylic acids is 1. The molecule has 1 rings (SSSR count). The third-order valence-corrected chi connectivity index (χ3v) is 2.55. The van der Waals surface area contributed by atoms with E-state index < -0.39 is 24.0 Å². The van der Waals surface area contributed by atoms with Gasteiger partial charge in [-0.15, -0.1) is 0 Å². The molecule has 0 heterocycles.